The standard InChI is InChI=1S/C45H30/c1-45(2)39-25-21-32(26-38(39)35-14-6-11-28-12-7-15-40(45)43(28)35)42-33-13-4-3-8-27(33)18-23-36(42)34-22-19-31-17-16-29-9-5-10-30-20-24-37(34)44(31)41(29)30/h3-26H,1-2H3/i3D,4D,5D,6D,7D,8D,9D,10D,11D,12D,13D,14D,15D,16D,17D,18D,19D,20D,21D,22D,23D,24D,25D,26D. The summed E-state index contributed by atoms with van der Waals surface area (Å²) >= 11 is 0. The summed E-state index contributed by atoms with van der Waals surface area (Å²) in [7, 11) is 0. The van der Waals surface area contributed by atoms with Crippen LogP contribution in [0.15, 0.2) is 145 Å². The lowest BCUT2D eigenvalue weighted by atomic mass is 9.68. The fourth-order valence-electron chi connectivity index (χ4n) is 6.53. The minimum Gasteiger partial charge on any atom is -0.0616 e. The fraction of sp³-hybridized carbons (Fsp3) is 0.0667. The van der Waals surface area contributed by atoms with Gasteiger partial charge in [0.15, 0.2) is 0 Å². The first-order valence-electron chi connectivity index (χ1n) is 26.0. The van der Waals surface area contributed by atoms with Crippen molar-refractivity contribution >= 4 is 53.9 Å². The van der Waals surface area contributed by atoms with Crippen molar-refractivity contribution < 1.29 is 32.9 Å². The fourth-order valence-corrected chi connectivity index (χ4v) is 6.53. The molecule has 45 heavy (non-hydrogen) atoms. The molecule has 210 valence electrons. The molecule has 0 aliphatic heterocycles. The van der Waals surface area contributed by atoms with Gasteiger partial charge in [-0.25, -0.2) is 0 Å². The van der Waals surface area contributed by atoms with Crippen molar-refractivity contribution in [2.75, 3.05) is 0 Å². The Morgan fingerprint density at radius 1 is 0.400 bits per heavy atom. The van der Waals surface area contributed by atoms with Gasteiger partial charge in [-0.1, -0.05) is 153 Å². The van der Waals surface area contributed by atoms with E-state index in [9.17, 15) is 15.1 Å². The topological polar surface area (TPSA) is 0 Å². The highest BCUT2D eigenvalue weighted by Gasteiger charge is 2.33. The van der Waals surface area contributed by atoms with Crippen LogP contribution < -0.4 is 0 Å². The Kier molecular flexibility index (Phi) is 2.18. The van der Waals surface area contributed by atoms with E-state index in [-0.39, 0.29) is 43.8 Å². The summed E-state index contributed by atoms with van der Waals surface area (Å²) in [5.74, 6) is 0. The van der Waals surface area contributed by atoms with Crippen molar-refractivity contribution in [3.05, 3.63) is 156 Å². The smallest absolute Gasteiger partial charge is 0.0616 e. The Morgan fingerprint density at radius 3 is 1.87 bits per heavy atom. The third kappa shape index (κ3) is 3.32. The molecule has 0 heterocycles. The van der Waals surface area contributed by atoms with Crippen LogP contribution in [0.25, 0.3) is 87.2 Å². The second-order valence-corrected chi connectivity index (χ2v) is 11.4. The second-order valence-electron chi connectivity index (χ2n) is 11.4. The average molecular weight is 595 g/mol. The molecule has 0 N–H and O–H groups in total. The Morgan fingerprint density at radius 2 is 1.02 bits per heavy atom. The molecule has 0 saturated heterocycles. The molecule has 1 aliphatic carbocycles. The molecule has 10 rings (SSSR count). The van der Waals surface area contributed by atoms with Gasteiger partial charge < -0.3 is 0 Å². The number of rotatable bonds is 2. The van der Waals surface area contributed by atoms with Crippen molar-refractivity contribution in [1.29, 1.82) is 0 Å². The highest BCUT2D eigenvalue weighted by Crippen LogP contribution is 2.51. The molecule has 0 saturated carbocycles. The van der Waals surface area contributed by atoms with Crippen molar-refractivity contribution in [2.24, 2.45) is 0 Å². The quantitative estimate of drug-likeness (QED) is 0.175. The molecule has 0 fully saturated rings. The van der Waals surface area contributed by atoms with Crippen molar-refractivity contribution in [3.8, 4) is 33.4 Å². The lowest BCUT2D eigenvalue weighted by Gasteiger charge is -2.35. The molecule has 0 amide bonds. The van der Waals surface area contributed by atoms with E-state index in [2.05, 4.69) is 0 Å². The maximum absolute atomic E-state index is 10.2. The van der Waals surface area contributed by atoms with Crippen LogP contribution in [0.1, 0.15) is 57.9 Å². The molecule has 0 nitrogen and oxygen atoms in total. The number of hydrogen-bond acceptors (Lipinski definition) is 0. The Hall–Kier alpha value is -5.46. The lowest BCUT2D eigenvalue weighted by Crippen LogP contribution is -2.23. The molecule has 0 heteroatoms. The maximum atomic E-state index is 10.2. The first kappa shape index (κ1) is 11.2. The van der Waals surface area contributed by atoms with Crippen LogP contribution >= 0.6 is 0 Å². The number of benzene rings is 9. The van der Waals surface area contributed by atoms with E-state index >= 15 is 0 Å². The van der Waals surface area contributed by atoms with Crippen LogP contribution in [0.2, 0.25) is 0 Å². The Bertz CT molecular complexity index is 3990. The summed E-state index contributed by atoms with van der Waals surface area (Å²) in [5, 5.41) is -4.05. The van der Waals surface area contributed by atoms with E-state index in [0.717, 1.165) is 0 Å². The van der Waals surface area contributed by atoms with Crippen LogP contribution in [0.3, 0.4) is 0 Å². The summed E-state index contributed by atoms with van der Waals surface area (Å²) in [4.78, 5) is 0. The SMILES string of the molecule is [2H]c1c([2H])c2c(c([2H])c1-c1c(-c3c([2H])c([2H])c4c([2H])c([2H])c5c([2H])c([2H])c([2H])c6c([2H])c([2H])c3c4c56)c([2H])c([2H])c3c([2H])c([2H])c([2H])c([2H])c13)-c1c([2H])c([2H])c([2H])c3c([2H])c([2H])c([2H])c(c13)C2(C)C. The molecule has 0 unspecified atom stereocenters. The second kappa shape index (κ2) is 8.80. The van der Waals surface area contributed by atoms with E-state index in [1.54, 1.807) is 0 Å². The Labute approximate surface area is 296 Å². The molecule has 0 spiro atoms. The van der Waals surface area contributed by atoms with Crippen LogP contribution in [-0.4, -0.2) is 0 Å². The predicted octanol–water partition coefficient (Wildman–Crippen LogP) is 12.5. The first-order valence-corrected chi connectivity index (χ1v) is 14.0. The van der Waals surface area contributed by atoms with Gasteiger partial charge in [0, 0.05) is 5.41 Å². The van der Waals surface area contributed by atoms with Gasteiger partial charge in [-0.3, -0.25) is 0 Å². The van der Waals surface area contributed by atoms with E-state index in [0.29, 0.717) is 0 Å². The number of hydrogen-bond donors (Lipinski definition) is 0. The summed E-state index contributed by atoms with van der Waals surface area (Å²) in [5.41, 5.74) is -5.25. The molecule has 9 aromatic rings. The Balaban J connectivity index is 1.54. The molecule has 1 aliphatic rings. The van der Waals surface area contributed by atoms with Gasteiger partial charge >= 0.3 is 0 Å². The van der Waals surface area contributed by atoms with Crippen molar-refractivity contribution in [1.82, 2.24) is 0 Å². The highest BCUT2D eigenvalue weighted by molar-refractivity contribution is 6.26. The lowest BCUT2D eigenvalue weighted by molar-refractivity contribution is 0.645. The average Bonchev–Trinajstić information content (AvgIpc) is 3.29. The molecule has 9 aromatic carbocycles. The molecular weight excluding hydrogens is 540 g/mol. The largest absolute Gasteiger partial charge is 0.0636 e. The van der Waals surface area contributed by atoms with Gasteiger partial charge in [0.25, 0.3) is 0 Å². The summed E-state index contributed by atoms with van der Waals surface area (Å²) < 4.78 is 220. The molecular formula is C45H30. The maximum Gasteiger partial charge on any atom is 0.0636 e. The van der Waals surface area contributed by atoms with E-state index in [4.69, 9.17) is 17.8 Å². The summed E-state index contributed by atoms with van der Waals surface area (Å²) in [6.07, 6.45) is 0. The van der Waals surface area contributed by atoms with Gasteiger partial charge in [0.1, 0.15) is 0 Å². The van der Waals surface area contributed by atoms with Gasteiger partial charge in [0.05, 0.1) is 32.9 Å². The van der Waals surface area contributed by atoms with Crippen molar-refractivity contribution in [2.45, 2.75) is 19.3 Å². The van der Waals surface area contributed by atoms with E-state index in [1.807, 2.05) is 0 Å². The normalized spacial score (nSPS) is 21.2. The monoisotopic (exact) mass is 594 g/mol. The highest BCUT2D eigenvalue weighted by atomic mass is 14.4. The zero-order valence-electron chi connectivity index (χ0n) is 47.5. The molecule has 0 radical (unpaired) electrons. The first-order chi connectivity index (χ1) is 32.1. The van der Waals surface area contributed by atoms with Crippen LogP contribution in [0, 0.1) is 0 Å². The van der Waals surface area contributed by atoms with E-state index in [1.165, 1.54) is 13.8 Å². The van der Waals surface area contributed by atoms with E-state index < -0.39 is 205 Å². The molecule has 0 atom stereocenters. The van der Waals surface area contributed by atoms with Gasteiger partial charge in [-0.2, -0.15) is 0 Å². The minimum atomic E-state index is -1.62. The van der Waals surface area contributed by atoms with Gasteiger partial charge in [-0.15, -0.1) is 0 Å². The number of fused-ring (bicyclic) bond motifs is 3. The zero-order valence-corrected chi connectivity index (χ0v) is 23.5. The summed E-state index contributed by atoms with van der Waals surface area (Å²) in [6.45, 7) is 3.02. The van der Waals surface area contributed by atoms with Crippen LogP contribution in [0.5, 0.6) is 0 Å². The minimum absolute atomic E-state index is 0.0336. The van der Waals surface area contributed by atoms with Gasteiger partial charge in [-0.05, 0) is 104 Å². The summed E-state index contributed by atoms with van der Waals surface area (Å²) in [6, 6.07) is -18.4. The zero-order chi connectivity index (χ0) is 50.7. The van der Waals surface area contributed by atoms with Crippen molar-refractivity contribution in [3.63, 3.8) is 0 Å². The third-order valence-electron chi connectivity index (χ3n) is 8.62. The molecule has 0 aromatic heterocycles. The molecule has 0 bridgehead atoms. The van der Waals surface area contributed by atoms with Crippen LogP contribution in [-0.2, 0) is 5.41 Å². The van der Waals surface area contributed by atoms with Gasteiger partial charge in [0.2, 0.25) is 0 Å². The third-order valence-corrected chi connectivity index (χ3v) is 8.62. The predicted molar refractivity (Wildman–Crippen MR) is 194 cm³/mol. The van der Waals surface area contributed by atoms with Crippen LogP contribution in [0.4, 0.5) is 0 Å².